The topological polar surface area (TPSA) is 78.9 Å². The molecular formula is C76H132O6. The first-order valence-corrected chi connectivity index (χ1v) is 35.2. The highest BCUT2D eigenvalue weighted by Gasteiger charge is 2.19. The van der Waals surface area contributed by atoms with Crippen molar-refractivity contribution in [1.29, 1.82) is 0 Å². The largest absolute Gasteiger partial charge is 0.462 e. The molecule has 1 unspecified atom stereocenters. The lowest BCUT2D eigenvalue weighted by Gasteiger charge is -2.18. The minimum Gasteiger partial charge on any atom is -0.462 e. The van der Waals surface area contributed by atoms with Gasteiger partial charge in [0.1, 0.15) is 13.2 Å². The molecule has 472 valence electrons. The number of hydrogen-bond donors (Lipinski definition) is 0. The van der Waals surface area contributed by atoms with E-state index in [0.717, 1.165) is 135 Å². The summed E-state index contributed by atoms with van der Waals surface area (Å²) in [6.07, 6.45) is 94.5. The first-order chi connectivity index (χ1) is 40.5. The molecule has 0 radical (unpaired) electrons. The lowest BCUT2D eigenvalue weighted by atomic mass is 10.0. The Bertz CT molecular complexity index is 1590. The van der Waals surface area contributed by atoms with Gasteiger partial charge < -0.3 is 14.2 Å². The van der Waals surface area contributed by atoms with Crippen LogP contribution in [0, 0.1) is 0 Å². The molecule has 0 amide bonds. The molecule has 0 N–H and O–H groups in total. The highest BCUT2D eigenvalue weighted by molar-refractivity contribution is 5.71. The Morgan fingerprint density at radius 1 is 0.256 bits per heavy atom. The number of unbranched alkanes of at least 4 members (excludes halogenated alkanes) is 37. The van der Waals surface area contributed by atoms with Crippen LogP contribution < -0.4 is 0 Å². The van der Waals surface area contributed by atoms with Gasteiger partial charge in [0.25, 0.3) is 0 Å². The molecule has 0 saturated heterocycles. The summed E-state index contributed by atoms with van der Waals surface area (Å²) in [6.45, 7) is 6.42. The van der Waals surface area contributed by atoms with Gasteiger partial charge in [0.05, 0.1) is 0 Å². The fourth-order valence-corrected chi connectivity index (χ4v) is 10.1. The molecule has 0 fully saturated rings. The molecule has 0 aliphatic carbocycles. The van der Waals surface area contributed by atoms with Crippen molar-refractivity contribution in [1.82, 2.24) is 0 Å². The Morgan fingerprint density at radius 2 is 0.476 bits per heavy atom. The molecule has 0 aliphatic heterocycles. The lowest BCUT2D eigenvalue weighted by molar-refractivity contribution is -0.167. The van der Waals surface area contributed by atoms with Gasteiger partial charge in [0, 0.05) is 19.3 Å². The first kappa shape index (κ1) is 78.3. The van der Waals surface area contributed by atoms with E-state index < -0.39 is 6.10 Å². The highest BCUT2D eigenvalue weighted by atomic mass is 16.6. The fraction of sp³-hybridized carbons (Fsp3) is 0.750. The normalized spacial score (nSPS) is 12.7. The number of allylic oxidation sites excluding steroid dienone is 16. The van der Waals surface area contributed by atoms with Crippen LogP contribution in [0.5, 0.6) is 0 Å². The third kappa shape index (κ3) is 67.1. The summed E-state index contributed by atoms with van der Waals surface area (Å²) in [5, 5.41) is 0. The van der Waals surface area contributed by atoms with Crippen molar-refractivity contribution in [2.24, 2.45) is 0 Å². The van der Waals surface area contributed by atoms with Crippen LogP contribution in [0.15, 0.2) is 97.2 Å². The van der Waals surface area contributed by atoms with Gasteiger partial charge in [-0.25, -0.2) is 0 Å². The molecular weight excluding hydrogens is 1010 g/mol. The third-order valence-corrected chi connectivity index (χ3v) is 15.3. The van der Waals surface area contributed by atoms with Gasteiger partial charge in [0.2, 0.25) is 0 Å². The SMILES string of the molecule is CC/C=C\C/C=C\C/C=C\C/C=C\CCCCCCC(=O)OCC(COC(=O)CCCCCCCCCCCCCCCCCCCCCCCCCCCCCCCC)OC(=O)CCCCCC/C=C\C/C=C\C/C=C\C/C=C\CC. The summed E-state index contributed by atoms with van der Waals surface area (Å²) in [7, 11) is 0. The van der Waals surface area contributed by atoms with Gasteiger partial charge in [-0.3, -0.25) is 14.4 Å². The number of hydrogen-bond acceptors (Lipinski definition) is 6. The Balaban J connectivity index is 4.27. The second-order valence-electron chi connectivity index (χ2n) is 23.4. The van der Waals surface area contributed by atoms with Gasteiger partial charge in [-0.15, -0.1) is 0 Å². The van der Waals surface area contributed by atoms with E-state index in [-0.39, 0.29) is 31.1 Å². The van der Waals surface area contributed by atoms with Crippen LogP contribution in [-0.2, 0) is 28.6 Å². The average Bonchev–Trinajstić information content (AvgIpc) is 3.47. The number of carbonyl (C=O) groups is 3. The monoisotopic (exact) mass is 1140 g/mol. The molecule has 6 heteroatoms. The Kier molecular flexibility index (Phi) is 66.7. The summed E-state index contributed by atoms with van der Waals surface area (Å²) in [4.78, 5) is 38.4. The van der Waals surface area contributed by atoms with Crippen molar-refractivity contribution in [3.8, 4) is 0 Å². The number of ether oxygens (including phenoxy) is 3. The van der Waals surface area contributed by atoms with E-state index in [1.165, 1.54) is 173 Å². The van der Waals surface area contributed by atoms with Crippen LogP contribution in [0.2, 0.25) is 0 Å². The molecule has 0 aliphatic rings. The van der Waals surface area contributed by atoms with Crippen LogP contribution in [-0.4, -0.2) is 37.2 Å². The zero-order valence-electron chi connectivity index (χ0n) is 54.2. The fourth-order valence-electron chi connectivity index (χ4n) is 10.1. The maximum atomic E-state index is 12.9. The first-order valence-electron chi connectivity index (χ1n) is 35.2. The second-order valence-corrected chi connectivity index (χ2v) is 23.4. The minimum atomic E-state index is -0.803. The molecule has 82 heavy (non-hydrogen) atoms. The molecule has 0 spiro atoms. The summed E-state index contributed by atoms with van der Waals surface area (Å²) in [6, 6.07) is 0. The number of esters is 3. The van der Waals surface area contributed by atoms with Crippen LogP contribution >= 0.6 is 0 Å². The van der Waals surface area contributed by atoms with Crippen LogP contribution in [0.4, 0.5) is 0 Å². The molecule has 0 bridgehead atoms. The zero-order valence-corrected chi connectivity index (χ0v) is 54.2. The molecule has 0 aromatic carbocycles. The predicted octanol–water partition coefficient (Wildman–Crippen LogP) is 24.4. The Labute approximate surface area is 508 Å². The van der Waals surface area contributed by atoms with E-state index in [9.17, 15) is 14.4 Å². The van der Waals surface area contributed by atoms with Crippen molar-refractivity contribution >= 4 is 17.9 Å². The van der Waals surface area contributed by atoms with E-state index >= 15 is 0 Å². The van der Waals surface area contributed by atoms with Crippen molar-refractivity contribution < 1.29 is 28.6 Å². The molecule has 0 heterocycles. The third-order valence-electron chi connectivity index (χ3n) is 15.3. The molecule has 0 rings (SSSR count). The maximum Gasteiger partial charge on any atom is 0.306 e. The summed E-state index contributed by atoms with van der Waals surface area (Å²) < 4.78 is 16.9. The summed E-state index contributed by atoms with van der Waals surface area (Å²) in [5.41, 5.74) is 0. The van der Waals surface area contributed by atoms with Crippen molar-refractivity contribution in [3.05, 3.63) is 97.2 Å². The van der Waals surface area contributed by atoms with E-state index in [4.69, 9.17) is 14.2 Å². The molecule has 0 aromatic heterocycles. The van der Waals surface area contributed by atoms with E-state index in [1.54, 1.807) is 0 Å². The quantitative estimate of drug-likeness (QED) is 0.0261. The van der Waals surface area contributed by atoms with Crippen molar-refractivity contribution in [2.45, 2.75) is 354 Å². The van der Waals surface area contributed by atoms with Gasteiger partial charge in [-0.1, -0.05) is 330 Å². The number of carbonyl (C=O) groups excluding carboxylic acids is 3. The van der Waals surface area contributed by atoms with E-state index in [2.05, 4.69) is 118 Å². The zero-order chi connectivity index (χ0) is 59.2. The second kappa shape index (κ2) is 69.8. The minimum absolute atomic E-state index is 0.0936. The average molecular weight is 1140 g/mol. The van der Waals surface area contributed by atoms with Crippen molar-refractivity contribution in [2.75, 3.05) is 13.2 Å². The van der Waals surface area contributed by atoms with Crippen molar-refractivity contribution in [3.63, 3.8) is 0 Å². The van der Waals surface area contributed by atoms with E-state index in [1.807, 2.05) is 0 Å². The number of rotatable bonds is 64. The standard InChI is InChI=1S/C76H132O6/c1-4-7-10-13-16-19-22-25-28-31-32-33-34-35-36-37-38-39-40-41-42-43-46-48-51-54-57-60-63-66-69-75(78)81-72-73(82-76(79)70-67-64-61-58-55-52-49-45-30-27-24-21-18-15-12-9-6-3)71-80-74(77)68-65-62-59-56-53-50-47-44-29-26-23-20-17-14-11-8-5-2/h8-9,11-12,17-18,20-21,26-27,29-30,47,49-50,52,73H,4-7,10,13-16,19,22-25,28,31-46,48,51,53-72H2,1-3H3/b11-8-,12-9-,20-17-,21-18-,29-26-,30-27-,50-47-,52-49-. The van der Waals surface area contributed by atoms with Crippen LogP contribution in [0.1, 0.15) is 348 Å². The van der Waals surface area contributed by atoms with Gasteiger partial charge >= 0.3 is 17.9 Å². The molecule has 6 nitrogen and oxygen atoms in total. The van der Waals surface area contributed by atoms with Gasteiger partial charge in [-0.2, -0.15) is 0 Å². The Hall–Kier alpha value is -3.67. The van der Waals surface area contributed by atoms with Crippen LogP contribution in [0.25, 0.3) is 0 Å². The maximum absolute atomic E-state index is 12.9. The molecule has 1 atom stereocenters. The molecule has 0 aromatic rings. The smallest absolute Gasteiger partial charge is 0.306 e. The lowest BCUT2D eigenvalue weighted by Crippen LogP contribution is -2.30. The Morgan fingerprint density at radius 3 is 0.744 bits per heavy atom. The van der Waals surface area contributed by atoms with Gasteiger partial charge in [-0.05, 0) is 96.3 Å². The van der Waals surface area contributed by atoms with E-state index in [0.29, 0.717) is 19.3 Å². The summed E-state index contributed by atoms with van der Waals surface area (Å²) in [5.74, 6) is -0.928. The van der Waals surface area contributed by atoms with Crippen LogP contribution in [0.3, 0.4) is 0 Å². The predicted molar refractivity (Wildman–Crippen MR) is 357 cm³/mol. The highest BCUT2D eigenvalue weighted by Crippen LogP contribution is 2.18. The van der Waals surface area contributed by atoms with Gasteiger partial charge in [0.15, 0.2) is 6.10 Å². The summed E-state index contributed by atoms with van der Waals surface area (Å²) >= 11 is 0. The molecule has 0 saturated carbocycles.